The zero-order valence-electron chi connectivity index (χ0n) is 7.94. The van der Waals surface area contributed by atoms with Crippen LogP contribution in [0.5, 0.6) is 0 Å². The van der Waals surface area contributed by atoms with E-state index in [1.165, 1.54) is 6.42 Å². The molecular weight excluding hydrogens is 174 g/mol. The monoisotopic (exact) mass is 192 g/mol. The molecular formula is C9H18F2N2. The Balaban J connectivity index is 2.17. The van der Waals surface area contributed by atoms with Crippen molar-refractivity contribution in [3.05, 3.63) is 0 Å². The van der Waals surface area contributed by atoms with Crippen LogP contribution in [0, 0.1) is 0 Å². The topological polar surface area (TPSA) is 29.3 Å². The first-order valence-corrected chi connectivity index (χ1v) is 4.94. The van der Waals surface area contributed by atoms with E-state index in [1.807, 2.05) is 0 Å². The molecule has 0 aromatic heterocycles. The van der Waals surface area contributed by atoms with E-state index >= 15 is 0 Å². The first-order chi connectivity index (χ1) is 6.14. The smallest absolute Gasteiger partial charge is 0.261 e. The summed E-state index contributed by atoms with van der Waals surface area (Å²) >= 11 is 0. The highest BCUT2D eigenvalue weighted by atomic mass is 19.3. The summed E-state index contributed by atoms with van der Waals surface area (Å²) in [6.45, 7) is 1.91. The third-order valence-electron chi connectivity index (χ3n) is 2.54. The van der Waals surface area contributed by atoms with Crippen LogP contribution in [0.1, 0.15) is 25.7 Å². The van der Waals surface area contributed by atoms with Gasteiger partial charge < -0.3 is 10.6 Å². The van der Waals surface area contributed by atoms with Crippen LogP contribution in [0.3, 0.4) is 0 Å². The van der Waals surface area contributed by atoms with Gasteiger partial charge in [-0.15, -0.1) is 0 Å². The van der Waals surface area contributed by atoms with E-state index in [2.05, 4.69) is 4.90 Å². The van der Waals surface area contributed by atoms with Crippen LogP contribution in [0.15, 0.2) is 0 Å². The summed E-state index contributed by atoms with van der Waals surface area (Å²) in [5.41, 5.74) is 4.95. The fraction of sp³-hybridized carbons (Fsp3) is 1.00. The molecule has 1 aliphatic rings. The van der Waals surface area contributed by atoms with Gasteiger partial charge in [-0.2, -0.15) is 0 Å². The van der Waals surface area contributed by atoms with E-state index in [1.54, 1.807) is 0 Å². The van der Waals surface area contributed by atoms with Crippen molar-refractivity contribution in [3.8, 4) is 0 Å². The fourth-order valence-corrected chi connectivity index (χ4v) is 1.61. The van der Waals surface area contributed by atoms with Gasteiger partial charge in [0.2, 0.25) is 0 Å². The lowest BCUT2D eigenvalue weighted by Crippen LogP contribution is -2.36. The Morgan fingerprint density at radius 2 is 1.77 bits per heavy atom. The first-order valence-electron chi connectivity index (χ1n) is 4.94. The normalized spacial score (nSPS) is 20.5. The molecule has 0 bridgehead atoms. The number of piperidine rings is 1. The SMILES string of the molecule is NCC(F)(F)CCN1CCCCC1. The second-order valence-electron chi connectivity index (χ2n) is 3.71. The minimum atomic E-state index is -2.67. The highest BCUT2D eigenvalue weighted by molar-refractivity contribution is 4.71. The van der Waals surface area contributed by atoms with Crippen LogP contribution in [0.25, 0.3) is 0 Å². The lowest BCUT2D eigenvalue weighted by Gasteiger charge is -2.27. The van der Waals surface area contributed by atoms with Gasteiger partial charge >= 0.3 is 0 Å². The van der Waals surface area contributed by atoms with Crippen molar-refractivity contribution < 1.29 is 8.78 Å². The molecule has 0 radical (unpaired) electrons. The number of hydrogen-bond donors (Lipinski definition) is 1. The molecule has 1 heterocycles. The maximum absolute atomic E-state index is 12.8. The van der Waals surface area contributed by atoms with Crippen LogP contribution in [0.2, 0.25) is 0 Å². The van der Waals surface area contributed by atoms with Crippen molar-refractivity contribution >= 4 is 0 Å². The molecule has 2 N–H and O–H groups in total. The molecule has 0 aromatic carbocycles. The third kappa shape index (κ3) is 4.00. The predicted octanol–water partition coefficient (Wildman–Crippen LogP) is 1.46. The Morgan fingerprint density at radius 1 is 1.15 bits per heavy atom. The quantitative estimate of drug-likeness (QED) is 0.730. The minimum absolute atomic E-state index is 0.0938. The van der Waals surface area contributed by atoms with Gasteiger partial charge in [-0.1, -0.05) is 6.42 Å². The molecule has 1 saturated heterocycles. The van der Waals surface area contributed by atoms with Gasteiger partial charge in [-0.25, -0.2) is 8.78 Å². The van der Waals surface area contributed by atoms with Crippen molar-refractivity contribution in [1.29, 1.82) is 0 Å². The van der Waals surface area contributed by atoms with Crippen molar-refractivity contribution in [3.63, 3.8) is 0 Å². The standard InChI is InChI=1S/C9H18F2N2/c10-9(11,8-12)4-7-13-5-2-1-3-6-13/h1-8,12H2. The summed E-state index contributed by atoms with van der Waals surface area (Å²) in [7, 11) is 0. The lowest BCUT2D eigenvalue weighted by atomic mass is 10.1. The Labute approximate surface area is 78.1 Å². The molecule has 1 fully saturated rings. The highest BCUT2D eigenvalue weighted by Crippen LogP contribution is 2.18. The molecule has 13 heavy (non-hydrogen) atoms. The van der Waals surface area contributed by atoms with Crippen molar-refractivity contribution in [1.82, 2.24) is 4.90 Å². The fourth-order valence-electron chi connectivity index (χ4n) is 1.61. The van der Waals surface area contributed by atoms with E-state index in [0.29, 0.717) is 6.54 Å². The average molecular weight is 192 g/mol. The maximum atomic E-state index is 12.8. The summed E-state index contributed by atoms with van der Waals surface area (Å²) in [6.07, 6.45) is 3.44. The maximum Gasteiger partial charge on any atom is 0.261 e. The van der Waals surface area contributed by atoms with Crippen LogP contribution in [-0.2, 0) is 0 Å². The van der Waals surface area contributed by atoms with E-state index < -0.39 is 12.5 Å². The highest BCUT2D eigenvalue weighted by Gasteiger charge is 2.27. The molecule has 78 valence electrons. The van der Waals surface area contributed by atoms with E-state index in [0.717, 1.165) is 25.9 Å². The van der Waals surface area contributed by atoms with Crippen LogP contribution >= 0.6 is 0 Å². The minimum Gasteiger partial charge on any atom is -0.325 e. The Kier molecular flexibility index (Phi) is 4.06. The van der Waals surface area contributed by atoms with Crippen molar-refractivity contribution in [2.24, 2.45) is 5.73 Å². The first kappa shape index (κ1) is 10.9. The molecule has 0 spiro atoms. The largest absolute Gasteiger partial charge is 0.325 e. The molecule has 0 atom stereocenters. The predicted molar refractivity (Wildman–Crippen MR) is 48.9 cm³/mol. The number of halogens is 2. The molecule has 0 amide bonds. The molecule has 1 aliphatic heterocycles. The van der Waals surface area contributed by atoms with Crippen molar-refractivity contribution in [2.45, 2.75) is 31.6 Å². The second-order valence-corrected chi connectivity index (χ2v) is 3.71. The summed E-state index contributed by atoms with van der Waals surface area (Å²) in [6, 6.07) is 0. The number of rotatable bonds is 4. The molecule has 0 aliphatic carbocycles. The van der Waals surface area contributed by atoms with Crippen molar-refractivity contribution in [2.75, 3.05) is 26.2 Å². The Morgan fingerprint density at radius 3 is 2.31 bits per heavy atom. The van der Waals surface area contributed by atoms with Crippen LogP contribution in [-0.4, -0.2) is 37.0 Å². The molecule has 0 saturated carbocycles. The van der Waals surface area contributed by atoms with Crippen LogP contribution in [0.4, 0.5) is 8.78 Å². The Bertz CT molecular complexity index is 145. The van der Waals surface area contributed by atoms with E-state index in [4.69, 9.17) is 5.73 Å². The van der Waals surface area contributed by atoms with Gasteiger partial charge in [0.1, 0.15) is 0 Å². The third-order valence-corrected chi connectivity index (χ3v) is 2.54. The summed E-state index contributed by atoms with van der Waals surface area (Å²) in [5, 5.41) is 0. The van der Waals surface area contributed by atoms with E-state index in [-0.39, 0.29) is 6.42 Å². The average Bonchev–Trinajstić information content (AvgIpc) is 2.17. The van der Waals surface area contributed by atoms with Gasteiger partial charge in [0, 0.05) is 13.0 Å². The number of alkyl halides is 2. The molecule has 2 nitrogen and oxygen atoms in total. The van der Waals surface area contributed by atoms with Gasteiger partial charge in [-0.05, 0) is 25.9 Å². The van der Waals surface area contributed by atoms with Gasteiger partial charge in [0.05, 0.1) is 6.54 Å². The van der Waals surface area contributed by atoms with Gasteiger partial charge in [0.15, 0.2) is 0 Å². The number of hydrogen-bond acceptors (Lipinski definition) is 2. The number of nitrogens with zero attached hydrogens (tertiary/aromatic N) is 1. The summed E-state index contributed by atoms with van der Waals surface area (Å²) in [5.74, 6) is -2.67. The number of nitrogens with two attached hydrogens (primary N) is 1. The summed E-state index contributed by atoms with van der Waals surface area (Å²) in [4.78, 5) is 2.10. The molecule has 4 heteroatoms. The Hall–Kier alpha value is -0.220. The van der Waals surface area contributed by atoms with Crippen LogP contribution < -0.4 is 5.73 Å². The molecule has 0 unspecified atom stereocenters. The van der Waals surface area contributed by atoms with Gasteiger partial charge in [0.25, 0.3) is 5.92 Å². The van der Waals surface area contributed by atoms with Gasteiger partial charge in [-0.3, -0.25) is 0 Å². The summed E-state index contributed by atoms with van der Waals surface area (Å²) < 4.78 is 25.5. The molecule has 0 aromatic rings. The number of likely N-dealkylation sites (tertiary alicyclic amines) is 1. The second kappa shape index (κ2) is 4.86. The zero-order valence-corrected chi connectivity index (χ0v) is 7.94. The zero-order chi connectivity index (χ0) is 9.73. The lowest BCUT2D eigenvalue weighted by molar-refractivity contribution is -0.00820. The molecule has 1 rings (SSSR count). The van der Waals surface area contributed by atoms with E-state index in [9.17, 15) is 8.78 Å².